The minimum atomic E-state index is -3.17. The zero-order valence-electron chi connectivity index (χ0n) is 44.7. The topological polar surface area (TPSA) is 72.5 Å². The molecule has 3 rings (SSSR count). The molecule has 0 heterocycles. The first-order valence-electron chi connectivity index (χ1n) is 23.9. The Morgan fingerprint density at radius 2 is 1.02 bits per heavy atom. The first-order chi connectivity index (χ1) is 29.6. The van der Waals surface area contributed by atoms with Gasteiger partial charge >= 0.3 is 14.5 Å². The van der Waals surface area contributed by atoms with Crippen molar-refractivity contribution in [2.75, 3.05) is 20.3 Å². The van der Waals surface area contributed by atoms with Crippen molar-refractivity contribution in [2.45, 2.75) is 188 Å². The number of benzene rings is 3. The average Bonchev–Trinajstić information content (AvgIpc) is 3.18. The Bertz CT molecular complexity index is 1910. The van der Waals surface area contributed by atoms with Crippen LogP contribution in [-0.4, -0.2) is 78.1 Å². The fraction of sp³-hybridized carbons (Fsp3) is 0.611. The second-order valence-electron chi connectivity index (χ2n) is 24.3. The number of hydrogen-bond acceptors (Lipinski definition) is 7. The minimum Gasteiger partial charge on any atom is -0.465 e. The van der Waals surface area contributed by atoms with Crippen molar-refractivity contribution in [1.82, 2.24) is 0 Å². The van der Waals surface area contributed by atoms with E-state index < -0.39 is 51.1 Å². The van der Waals surface area contributed by atoms with E-state index in [2.05, 4.69) is 207 Å². The van der Waals surface area contributed by atoms with E-state index in [1.165, 1.54) is 10.4 Å². The molecule has 65 heavy (non-hydrogen) atoms. The molecule has 3 aromatic carbocycles. The molecule has 0 amide bonds. The van der Waals surface area contributed by atoms with Gasteiger partial charge in [0.15, 0.2) is 16.6 Å². The Balaban J connectivity index is 2.43. The second-order valence-corrected chi connectivity index (χ2v) is 42.1. The van der Waals surface area contributed by atoms with Crippen molar-refractivity contribution in [3.63, 3.8) is 0 Å². The lowest BCUT2D eigenvalue weighted by Gasteiger charge is -2.48. The molecule has 1 unspecified atom stereocenters. The van der Waals surface area contributed by atoms with E-state index in [0.717, 1.165) is 10.8 Å². The number of ether oxygens (including phenoxy) is 1. The summed E-state index contributed by atoms with van der Waals surface area (Å²) in [6.07, 6.45) is 2.15. The number of esters is 1. The number of rotatable bonds is 20. The van der Waals surface area contributed by atoms with Gasteiger partial charge in [0.05, 0.1) is 36.9 Å². The van der Waals surface area contributed by atoms with Crippen molar-refractivity contribution in [1.29, 1.82) is 0 Å². The summed E-state index contributed by atoms with van der Waals surface area (Å²) in [4.78, 5) is 13.2. The van der Waals surface area contributed by atoms with E-state index in [-0.39, 0.29) is 38.8 Å². The van der Waals surface area contributed by atoms with Gasteiger partial charge < -0.3 is 26.9 Å². The summed E-state index contributed by atoms with van der Waals surface area (Å²) in [5.41, 5.74) is 0.423. The molecule has 0 saturated heterocycles. The maximum atomic E-state index is 13.2. The van der Waals surface area contributed by atoms with Gasteiger partial charge in [0.25, 0.3) is 8.32 Å². The molecule has 0 aliphatic carbocycles. The third kappa shape index (κ3) is 14.3. The van der Waals surface area contributed by atoms with Gasteiger partial charge in [-0.3, -0.25) is 4.79 Å². The summed E-state index contributed by atoms with van der Waals surface area (Å²) in [7, 11) is -9.20. The number of carbonyl (C=O) groups excluding carboxylic acids is 1. The molecule has 0 aromatic heterocycles. The first kappa shape index (κ1) is 56.9. The van der Waals surface area contributed by atoms with Crippen molar-refractivity contribution in [2.24, 2.45) is 5.41 Å². The highest BCUT2D eigenvalue weighted by Crippen LogP contribution is 2.44. The normalized spacial score (nSPS) is 16.4. The monoisotopic (exact) mass is 963 g/mol. The van der Waals surface area contributed by atoms with Crippen LogP contribution in [0.3, 0.4) is 0 Å². The molecule has 3 aromatic rings. The fourth-order valence-corrected chi connectivity index (χ4v) is 18.8. The van der Waals surface area contributed by atoms with Gasteiger partial charge in [0.1, 0.15) is 0 Å². The van der Waals surface area contributed by atoms with Crippen LogP contribution in [-0.2, 0) is 31.7 Å². The smallest absolute Gasteiger partial charge is 0.378 e. The highest BCUT2D eigenvalue weighted by Gasteiger charge is 2.54. The molecule has 4 atom stereocenters. The lowest BCUT2D eigenvalue weighted by molar-refractivity contribution is -0.153. The molecule has 0 N–H and O–H groups in total. The number of hydrogen-bond donors (Lipinski definition) is 0. The van der Waals surface area contributed by atoms with Crippen LogP contribution >= 0.6 is 0 Å². The molecule has 0 fully saturated rings. The van der Waals surface area contributed by atoms with Crippen LogP contribution in [0.2, 0.25) is 46.3 Å². The average molecular weight is 964 g/mol. The van der Waals surface area contributed by atoms with Gasteiger partial charge in [-0.2, -0.15) is 0 Å². The lowest BCUT2D eigenvalue weighted by Crippen LogP contribution is -2.68. The third-order valence-electron chi connectivity index (χ3n) is 13.8. The van der Waals surface area contributed by atoms with Crippen LogP contribution in [0.5, 0.6) is 0 Å². The van der Waals surface area contributed by atoms with Gasteiger partial charge in [0, 0.05) is 25.0 Å². The summed E-state index contributed by atoms with van der Waals surface area (Å²) < 4.78 is 43.1. The molecule has 0 saturated carbocycles. The molecule has 364 valence electrons. The van der Waals surface area contributed by atoms with E-state index in [4.69, 9.17) is 26.9 Å². The third-order valence-corrected chi connectivity index (χ3v) is 32.0. The molecular weight excluding hydrogens is 873 g/mol. The maximum Gasteiger partial charge on any atom is 0.378 e. The van der Waals surface area contributed by atoms with Crippen molar-refractivity contribution >= 4 is 55.0 Å². The van der Waals surface area contributed by atoms with Crippen molar-refractivity contribution in [3.8, 4) is 0 Å². The van der Waals surface area contributed by atoms with E-state index in [0.29, 0.717) is 19.4 Å². The Morgan fingerprint density at radius 3 is 1.40 bits per heavy atom. The molecule has 0 bridgehead atoms. The van der Waals surface area contributed by atoms with Crippen LogP contribution in [0.15, 0.2) is 103 Å². The zero-order chi connectivity index (χ0) is 49.5. The van der Waals surface area contributed by atoms with Crippen LogP contribution in [0.4, 0.5) is 0 Å². The predicted octanol–water partition coefficient (Wildman–Crippen LogP) is 12.8. The number of carbonyl (C=O) groups is 1. The maximum absolute atomic E-state index is 13.2. The molecule has 0 spiro atoms. The Hall–Kier alpha value is -2.46. The molecule has 0 radical (unpaired) electrons. The van der Waals surface area contributed by atoms with E-state index >= 15 is 0 Å². The van der Waals surface area contributed by atoms with Gasteiger partial charge in [-0.1, -0.05) is 186 Å². The Morgan fingerprint density at radius 1 is 0.585 bits per heavy atom. The molecule has 11 heteroatoms. The summed E-state index contributed by atoms with van der Waals surface area (Å²) in [5, 5.41) is 2.77. The summed E-state index contributed by atoms with van der Waals surface area (Å²) in [6.45, 7) is 45.1. The standard InChI is InChI=1S/C54H90O7Si4/c1-42(41-58-65(56-17,54(14,15)16)46-35-29-24-30-36-46)39-47(61-64(53(11,12)13,44-31-25-22-26-32-44)45-33-27-23-28-34-45)48(60-63(20,21)52(8,9)10)40-43(59-62(18,19)51(5,6)7)37-38-57-49(55)50(2,3)4/h22-36,39,43,47-48H,37-38,40-41H2,1-21H3/b42-39+/t43-,47+,48+,65?/m0/s1. The van der Waals surface area contributed by atoms with Crippen LogP contribution in [0.1, 0.15) is 124 Å². The summed E-state index contributed by atoms with van der Waals surface area (Å²) in [5.74, 6) is -0.217. The van der Waals surface area contributed by atoms with Crippen LogP contribution in [0.25, 0.3) is 0 Å². The Kier molecular flexibility index (Phi) is 19.1. The lowest BCUT2D eigenvalue weighted by atomic mass is 9.97. The van der Waals surface area contributed by atoms with Gasteiger partial charge in [-0.05, 0) is 84.6 Å². The van der Waals surface area contributed by atoms with E-state index in [9.17, 15) is 4.79 Å². The quantitative estimate of drug-likeness (QED) is 0.0634. The van der Waals surface area contributed by atoms with E-state index in [1.807, 2.05) is 26.8 Å². The van der Waals surface area contributed by atoms with Crippen molar-refractivity contribution < 1.29 is 31.7 Å². The van der Waals surface area contributed by atoms with Gasteiger partial charge in [-0.25, -0.2) is 0 Å². The summed E-state index contributed by atoms with van der Waals surface area (Å²) >= 11 is 0. The first-order valence-corrected chi connectivity index (χ1v) is 33.4. The van der Waals surface area contributed by atoms with Crippen LogP contribution < -0.4 is 15.6 Å². The Labute approximate surface area is 401 Å². The minimum absolute atomic E-state index is 0.0503. The van der Waals surface area contributed by atoms with Crippen molar-refractivity contribution in [3.05, 3.63) is 103 Å². The molecular formula is C54H90O7Si4. The largest absolute Gasteiger partial charge is 0.465 e. The molecule has 7 nitrogen and oxygen atoms in total. The fourth-order valence-electron chi connectivity index (χ4n) is 7.91. The van der Waals surface area contributed by atoms with Crippen LogP contribution in [0, 0.1) is 5.41 Å². The molecule has 0 aliphatic heterocycles. The highest BCUT2D eigenvalue weighted by atomic mass is 28.4. The SMILES string of the molecule is CO[Si](OC/C(C)=C/[C@@H](O[Si](c1ccccc1)(c1ccccc1)C(C)(C)C)[C@@H](C[C@H](CCOC(=O)C(C)(C)C)O[Si](C)(C)C(C)(C)C)O[Si](C)(C)C(C)(C)C)(c1ccccc1)C(C)(C)C. The second kappa shape index (κ2) is 21.9. The summed E-state index contributed by atoms with van der Waals surface area (Å²) in [6, 6.07) is 32.2. The zero-order valence-corrected chi connectivity index (χ0v) is 48.7. The predicted molar refractivity (Wildman–Crippen MR) is 285 cm³/mol. The van der Waals surface area contributed by atoms with E-state index in [1.54, 1.807) is 7.11 Å². The highest BCUT2D eigenvalue weighted by molar-refractivity contribution is 6.99. The molecule has 0 aliphatic rings. The van der Waals surface area contributed by atoms with Gasteiger partial charge in [-0.15, -0.1) is 0 Å². The van der Waals surface area contributed by atoms with Gasteiger partial charge in [0.2, 0.25) is 0 Å².